The molecule has 0 bridgehead atoms. The smallest absolute Gasteiger partial charge is 0.382 e. The number of methoxy groups -OCH3 is 1. The van der Waals surface area contributed by atoms with E-state index in [1.165, 1.54) is 14.1 Å². The summed E-state index contributed by atoms with van der Waals surface area (Å²) in [7, 11) is 0.649. The second-order valence-electron chi connectivity index (χ2n) is 13.3. The molecule has 0 aliphatic carbocycles. The van der Waals surface area contributed by atoms with Crippen LogP contribution in [0.15, 0.2) is 11.1 Å². The van der Waals surface area contributed by atoms with E-state index in [9.17, 15) is 105 Å². The van der Waals surface area contributed by atoms with Gasteiger partial charge in [0.15, 0.2) is 19.7 Å². The molecule has 65 heavy (non-hydrogen) atoms. The van der Waals surface area contributed by atoms with Crippen molar-refractivity contribution in [1.29, 1.82) is 0 Å². The molecule has 378 valence electrons. The number of ketones is 2. The molecule has 2 aromatic rings. The highest BCUT2D eigenvalue weighted by molar-refractivity contribution is 7.96. The predicted octanol–water partition coefficient (Wildman–Crippen LogP) is 5.66. The molecule has 0 aromatic carbocycles. The van der Waals surface area contributed by atoms with Gasteiger partial charge in [0.1, 0.15) is 16.9 Å². The maximum atomic E-state index is 14.1. The molecule has 0 aliphatic heterocycles. The average molecular weight is 1030 g/mol. The van der Waals surface area contributed by atoms with Gasteiger partial charge in [-0.15, -0.1) is 20.4 Å². The zero-order valence-corrected chi connectivity index (χ0v) is 36.5. The van der Waals surface area contributed by atoms with E-state index in [0.717, 1.165) is 24.9 Å². The Labute approximate surface area is 356 Å². The summed E-state index contributed by atoms with van der Waals surface area (Å²) in [5.41, 5.74) is 0. The van der Waals surface area contributed by atoms with Crippen LogP contribution in [0, 0.1) is 0 Å². The number of aromatic nitrogens is 6. The number of ether oxygens (including phenoxy) is 1. The zero-order valence-electron chi connectivity index (χ0n) is 34.8. The normalized spacial score (nSPS) is 14.6. The number of hydrogen-bond acceptors (Lipinski definition) is 13. The second kappa shape index (κ2) is 20.3. The molecule has 35 heteroatoms. The lowest BCUT2D eigenvalue weighted by Crippen LogP contribution is -2.60. The van der Waals surface area contributed by atoms with E-state index >= 15 is 0 Å². The molecule has 0 aliphatic rings. The number of sulfone groups is 2. The first-order valence-electron chi connectivity index (χ1n) is 17.0. The first-order chi connectivity index (χ1) is 28.7. The highest BCUT2D eigenvalue weighted by Crippen LogP contribution is 2.57. The summed E-state index contributed by atoms with van der Waals surface area (Å²) in [6.07, 6.45) is -13.1. The van der Waals surface area contributed by atoms with Gasteiger partial charge in [-0.2, -0.15) is 79.0 Å². The first kappa shape index (κ1) is 60.7. The molecule has 0 fully saturated rings. The Hall–Kier alpha value is -4.28. The fourth-order valence-electron chi connectivity index (χ4n) is 4.03. The van der Waals surface area contributed by atoms with Crippen LogP contribution in [0.1, 0.15) is 53.7 Å². The van der Waals surface area contributed by atoms with Crippen molar-refractivity contribution in [2.24, 2.45) is 14.1 Å². The molecule has 0 saturated heterocycles. The topological polar surface area (TPSA) is 180 Å². The number of halogens is 18. The summed E-state index contributed by atoms with van der Waals surface area (Å²) < 4.78 is 286. The van der Waals surface area contributed by atoms with E-state index in [2.05, 4.69) is 20.4 Å². The predicted molar refractivity (Wildman–Crippen MR) is 186 cm³/mol. The van der Waals surface area contributed by atoms with Crippen LogP contribution < -0.4 is 0 Å². The van der Waals surface area contributed by atoms with Crippen LogP contribution in [0.2, 0.25) is 0 Å². The van der Waals surface area contributed by atoms with Gasteiger partial charge < -0.3 is 18.8 Å². The van der Waals surface area contributed by atoms with Gasteiger partial charge in [0, 0.05) is 47.3 Å². The number of allylic oxidation sites excluding steroid dienone is 1. The van der Waals surface area contributed by atoms with Crippen LogP contribution in [0.3, 0.4) is 0 Å². The molecule has 0 amide bonds. The minimum absolute atomic E-state index is 0.236. The third-order valence-corrected chi connectivity index (χ3v) is 11.5. The number of hydrogen-bond donors (Lipinski definition) is 0. The molecular formula is C30H38F18N8O7S2. The number of nitrogens with zero attached hydrogens (tertiary/aromatic N) is 8. The summed E-state index contributed by atoms with van der Waals surface area (Å²) in [5, 5.41) is 10.4. The summed E-state index contributed by atoms with van der Waals surface area (Å²) in [5.74, 6) is -53.8. The van der Waals surface area contributed by atoms with Crippen molar-refractivity contribution in [1.82, 2.24) is 39.3 Å². The van der Waals surface area contributed by atoms with Gasteiger partial charge >= 0.3 is 47.9 Å². The van der Waals surface area contributed by atoms with E-state index in [1.807, 2.05) is 25.9 Å². The van der Waals surface area contributed by atoms with E-state index in [-0.39, 0.29) is 15.4 Å². The SMILES string of the molecule is CCS(=O)(=O)C(=CN(C)C)C(=O)c1nnc(C(F)(F)C(F)(F)C(F)(F)C(F)(F)F)n1C.CCS(=O)(=O)CC(=O)c1nnc(C(F)(F)C(F)(F)C(F)(F)C(F)(F)F)n1C.COC(C)N(C)C. The van der Waals surface area contributed by atoms with E-state index in [1.54, 1.807) is 7.11 Å². The summed E-state index contributed by atoms with van der Waals surface area (Å²) in [6, 6.07) is 0. The molecule has 2 heterocycles. The van der Waals surface area contributed by atoms with E-state index in [0.29, 0.717) is 14.1 Å². The molecule has 15 nitrogen and oxygen atoms in total. The molecule has 0 spiro atoms. The molecule has 2 aromatic heterocycles. The average Bonchev–Trinajstić information content (AvgIpc) is 3.75. The lowest BCUT2D eigenvalue weighted by Gasteiger charge is -2.32. The molecule has 1 unspecified atom stereocenters. The lowest BCUT2D eigenvalue weighted by molar-refractivity contribution is -0.401. The first-order valence-corrected chi connectivity index (χ1v) is 20.4. The van der Waals surface area contributed by atoms with Crippen molar-refractivity contribution in [3.63, 3.8) is 0 Å². The van der Waals surface area contributed by atoms with Crippen LogP contribution >= 0.6 is 0 Å². The molecule has 0 N–H and O–H groups in total. The van der Waals surface area contributed by atoms with Crippen LogP contribution in [0.5, 0.6) is 0 Å². The van der Waals surface area contributed by atoms with Gasteiger partial charge in [0.25, 0.3) is 0 Å². The number of rotatable bonds is 17. The monoisotopic (exact) mass is 1030 g/mol. The third kappa shape index (κ3) is 12.4. The maximum absolute atomic E-state index is 14.1. The number of carbonyl (C=O) groups is 2. The zero-order chi connectivity index (χ0) is 52.3. The highest BCUT2D eigenvalue weighted by Gasteiger charge is 2.84. The summed E-state index contributed by atoms with van der Waals surface area (Å²) >= 11 is 0. The van der Waals surface area contributed by atoms with Gasteiger partial charge in [-0.3, -0.25) is 14.5 Å². The Morgan fingerprint density at radius 2 is 0.985 bits per heavy atom. The summed E-state index contributed by atoms with van der Waals surface area (Å²) in [4.78, 5) is 26.2. The largest absolute Gasteiger partial charge is 0.460 e. The van der Waals surface area contributed by atoms with Crippen LogP contribution in [0.4, 0.5) is 79.0 Å². The highest BCUT2D eigenvalue weighted by atomic mass is 32.2. The van der Waals surface area contributed by atoms with E-state index < -0.39 is 125 Å². The van der Waals surface area contributed by atoms with Gasteiger partial charge in [0.05, 0.1) is 5.75 Å². The molecule has 2 rings (SSSR count). The van der Waals surface area contributed by atoms with Gasteiger partial charge in [-0.25, -0.2) is 16.8 Å². The summed E-state index contributed by atoms with van der Waals surface area (Å²) in [6.45, 7) is 4.24. The quantitative estimate of drug-likeness (QED) is 0.0822. The van der Waals surface area contributed by atoms with Crippen LogP contribution in [-0.2, 0) is 50.4 Å². The van der Waals surface area contributed by atoms with Crippen LogP contribution in [-0.4, -0.2) is 163 Å². The molecule has 0 radical (unpaired) electrons. The molecule has 0 saturated carbocycles. The number of alkyl halides is 18. The Morgan fingerprint density at radius 1 is 0.631 bits per heavy atom. The van der Waals surface area contributed by atoms with Crippen molar-refractivity contribution < 1.29 is 110 Å². The van der Waals surface area contributed by atoms with Crippen molar-refractivity contribution in [3.8, 4) is 0 Å². The fraction of sp³-hybridized carbons (Fsp3) is 0.733. The van der Waals surface area contributed by atoms with Crippen molar-refractivity contribution in [2.45, 2.75) is 74.9 Å². The molecular weight excluding hydrogens is 990 g/mol. The Kier molecular flexibility index (Phi) is 19.0. The van der Waals surface area contributed by atoms with E-state index in [4.69, 9.17) is 4.74 Å². The Bertz CT molecular complexity index is 2240. The Morgan fingerprint density at radius 3 is 1.26 bits per heavy atom. The minimum Gasteiger partial charge on any atom is -0.382 e. The Balaban J connectivity index is 0.00000110. The van der Waals surface area contributed by atoms with Crippen molar-refractivity contribution in [3.05, 3.63) is 34.4 Å². The minimum atomic E-state index is -7.18. The van der Waals surface area contributed by atoms with Crippen molar-refractivity contribution >= 4 is 31.2 Å². The number of carbonyl (C=O) groups excluding carboxylic acids is 2. The third-order valence-electron chi connectivity index (χ3n) is 8.23. The second-order valence-corrected chi connectivity index (χ2v) is 17.9. The molecule has 1 atom stereocenters. The lowest BCUT2D eigenvalue weighted by atomic mass is 10.0. The van der Waals surface area contributed by atoms with Gasteiger partial charge in [0.2, 0.25) is 34.9 Å². The van der Waals surface area contributed by atoms with Gasteiger partial charge in [-0.1, -0.05) is 13.8 Å². The van der Waals surface area contributed by atoms with Gasteiger partial charge in [-0.05, 0) is 21.0 Å². The maximum Gasteiger partial charge on any atom is 0.460 e. The number of Topliss-reactive ketones (excluding diaryl/α,β-unsaturated/α-hetero) is 2. The van der Waals surface area contributed by atoms with Crippen molar-refractivity contribution in [2.75, 3.05) is 52.6 Å². The fourth-order valence-corrected chi connectivity index (χ4v) is 5.82. The standard InChI is InChI=1S/C14H15F9N4O3S.C11H10F9N3O3S.C5H13NO/c1-5-31(29,30)7(6-26(2)3)8(28)9-24-25-10(27(9)4)11(15,16)12(17,18)13(19,20)14(21,22)23;1-3-27(25,26)4-5(24)6-21-22-7(23(6)2)8(12,13)9(14,15)10(16,17)11(18,19)20;1-5(7-4)6(2)3/h6H,5H2,1-4H3;3-4H2,1-2H3;5H,1-4H3. The van der Waals surface area contributed by atoms with Crippen LogP contribution in [0.25, 0.3) is 0 Å².